The van der Waals surface area contributed by atoms with Crippen LogP contribution in [0.1, 0.15) is 5.56 Å². The van der Waals surface area contributed by atoms with Gasteiger partial charge in [0.05, 0.1) is 0 Å². The van der Waals surface area contributed by atoms with Gasteiger partial charge in [0.15, 0.2) is 0 Å². The fourth-order valence-corrected chi connectivity index (χ4v) is 1.40. The number of carbonyl (C=O) groups is 1. The van der Waals surface area contributed by atoms with Crippen molar-refractivity contribution >= 4 is 17.5 Å². The average molecular weight is 227 g/mol. The number of hydrogen-bond acceptors (Lipinski definition) is 2. The fourth-order valence-electron chi connectivity index (χ4n) is 1.40. The molecular weight excluding hydrogens is 214 g/mol. The van der Waals surface area contributed by atoms with Crippen molar-refractivity contribution in [3.05, 3.63) is 54.2 Å². The maximum Gasteiger partial charge on any atom is 0.324 e. The molecule has 2 amide bonds. The van der Waals surface area contributed by atoms with E-state index in [9.17, 15) is 4.79 Å². The van der Waals surface area contributed by atoms with Gasteiger partial charge in [0.1, 0.15) is 5.82 Å². The number of carbonyl (C=O) groups excluding carboxylic acids is 1. The third-order valence-electron chi connectivity index (χ3n) is 2.19. The zero-order valence-electron chi connectivity index (χ0n) is 9.47. The molecule has 2 N–H and O–H groups in total. The van der Waals surface area contributed by atoms with Crippen molar-refractivity contribution in [3.63, 3.8) is 0 Å². The Labute approximate surface area is 99.7 Å². The smallest absolute Gasteiger partial charge is 0.308 e. The first-order valence-corrected chi connectivity index (χ1v) is 5.30. The average Bonchev–Trinajstić information content (AvgIpc) is 2.30. The molecule has 0 saturated carbocycles. The summed E-state index contributed by atoms with van der Waals surface area (Å²) in [6.07, 6.45) is 1.66. The van der Waals surface area contributed by atoms with E-state index in [1.165, 1.54) is 0 Å². The van der Waals surface area contributed by atoms with E-state index in [4.69, 9.17) is 0 Å². The Morgan fingerprint density at radius 3 is 2.59 bits per heavy atom. The van der Waals surface area contributed by atoms with E-state index in [1.54, 1.807) is 6.20 Å². The van der Waals surface area contributed by atoms with E-state index in [1.807, 2.05) is 49.4 Å². The molecule has 17 heavy (non-hydrogen) atoms. The van der Waals surface area contributed by atoms with Crippen molar-refractivity contribution < 1.29 is 4.79 Å². The second kappa shape index (κ2) is 5.12. The minimum absolute atomic E-state index is 0.297. The predicted molar refractivity (Wildman–Crippen MR) is 68.1 cm³/mol. The number of nitrogens with one attached hydrogen (secondary N) is 2. The van der Waals surface area contributed by atoms with Gasteiger partial charge in [-0.15, -0.1) is 0 Å². The normalized spacial score (nSPS) is 9.71. The first kappa shape index (κ1) is 11.1. The number of nitrogens with zero attached hydrogens (tertiary/aromatic N) is 1. The standard InChI is InChI=1S/C13H13N3O/c1-10-7-8-14-12(9-10)16-13(17)15-11-5-3-2-4-6-11/h2-9H,1H3,(H2,14,15,16,17). The Balaban J connectivity index is 1.98. The first-order chi connectivity index (χ1) is 8.24. The summed E-state index contributed by atoms with van der Waals surface area (Å²) in [6, 6.07) is 12.7. The Bertz CT molecular complexity index is 511. The molecule has 1 aromatic carbocycles. The maximum atomic E-state index is 11.6. The van der Waals surface area contributed by atoms with Crippen molar-refractivity contribution in [2.75, 3.05) is 10.6 Å². The molecule has 0 bridgehead atoms. The van der Waals surface area contributed by atoms with Crippen LogP contribution in [0.5, 0.6) is 0 Å². The van der Waals surface area contributed by atoms with Gasteiger partial charge in [-0.1, -0.05) is 18.2 Å². The predicted octanol–water partition coefficient (Wildman–Crippen LogP) is 3.03. The molecule has 0 aliphatic heterocycles. The molecular formula is C13H13N3O. The minimum atomic E-state index is -0.297. The highest BCUT2D eigenvalue weighted by molar-refractivity contribution is 5.99. The van der Waals surface area contributed by atoms with Crippen LogP contribution < -0.4 is 10.6 Å². The first-order valence-electron chi connectivity index (χ1n) is 5.30. The van der Waals surface area contributed by atoms with E-state index in [0.717, 1.165) is 11.3 Å². The van der Waals surface area contributed by atoms with Gasteiger partial charge in [-0.05, 0) is 36.8 Å². The summed E-state index contributed by atoms with van der Waals surface area (Å²) in [5, 5.41) is 5.39. The van der Waals surface area contributed by atoms with Gasteiger partial charge in [-0.25, -0.2) is 9.78 Å². The molecule has 1 heterocycles. The number of anilines is 2. The summed E-state index contributed by atoms with van der Waals surface area (Å²) < 4.78 is 0. The zero-order chi connectivity index (χ0) is 12.1. The third kappa shape index (κ3) is 3.31. The number of benzene rings is 1. The topological polar surface area (TPSA) is 54.0 Å². The lowest BCUT2D eigenvalue weighted by atomic mass is 10.3. The maximum absolute atomic E-state index is 11.6. The van der Waals surface area contributed by atoms with Crippen molar-refractivity contribution in [1.82, 2.24) is 4.98 Å². The number of aromatic nitrogens is 1. The van der Waals surface area contributed by atoms with Crippen molar-refractivity contribution in [1.29, 1.82) is 0 Å². The van der Waals surface area contributed by atoms with Gasteiger partial charge < -0.3 is 5.32 Å². The van der Waals surface area contributed by atoms with Crippen LogP contribution in [-0.4, -0.2) is 11.0 Å². The fraction of sp³-hybridized carbons (Fsp3) is 0.0769. The van der Waals surface area contributed by atoms with Crippen LogP contribution in [0, 0.1) is 6.92 Å². The summed E-state index contributed by atoms with van der Waals surface area (Å²) in [4.78, 5) is 15.7. The largest absolute Gasteiger partial charge is 0.324 e. The van der Waals surface area contributed by atoms with Gasteiger partial charge in [0, 0.05) is 11.9 Å². The molecule has 1 aromatic heterocycles. The lowest BCUT2D eigenvalue weighted by Crippen LogP contribution is -2.19. The molecule has 86 valence electrons. The zero-order valence-corrected chi connectivity index (χ0v) is 9.47. The highest BCUT2D eigenvalue weighted by Crippen LogP contribution is 2.08. The molecule has 0 atom stereocenters. The number of amides is 2. The van der Waals surface area contributed by atoms with Crippen LogP contribution in [0.25, 0.3) is 0 Å². The van der Waals surface area contributed by atoms with Gasteiger partial charge >= 0.3 is 6.03 Å². The van der Waals surface area contributed by atoms with Gasteiger partial charge in [-0.3, -0.25) is 5.32 Å². The molecule has 2 rings (SSSR count). The molecule has 4 heteroatoms. The van der Waals surface area contributed by atoms with E-state index < -0.39 is 0 Å². The summed E-state index contributed by atoms with van der Waals surface area (Å²) in [5.74, 6) is 0.540. The molecule has 0 fully saturated rings. The molecule has 0 spiro atoms. The SMILES string of the molecule is Cc1ccnc(NC(=O)Nc2ccccc2)c1. The third-order valence-corrected chi connectivity index (χ3v) is 2.19. The molecule has 0 radical (unpaired) electrons. The highest BCUT2D eigenvalue weighted by Gasteiger charge is 2.02. The van der Waals surface area contributed by atoms with Crippen LogP contribution in [0.4, 0.5) is 16.3 Å². The van der Waals surface area contributed by atoms with Crippen molar-refractivity contribution in [2.24, 2.45) is 0 Å². The Kier molecular flexibility index (Phi) is 3.35. The molecule has 4 nitrogen and oxygen atoms in total. The Morgan fingerprint density at radius 1 is 1.12 bits per heavy atom. The van der Waals surface area contributed by atoms with Crippen molar-refractivity contribution in [2.45, 2.75) is 6.92 Å². The van der Waals surface area contributed by atoms with E-state index in [2.05, 4.69) is 15.6 Å². The molecule has 0 aliphatic carbocycles. The minimum Gasteiger partial charge on any atom is -0.308 e. The lowest BCUT2D eigenvalue weighted by Gasteiger charge is -2.06. The summed E-state index contributed by atoms with van der Waals surface area (Å²) in [5.41, 5.74) is 1.80. The highest BCUT2D eigenvalue weighted by atomic mass is 16.2. The summed E-state index contributed by atoms with van der Waals surface area (Å²) in [6.45, 7) is 1.95. The van der Waals surface area contributed by atoms with Crippen molar-refractivity contribution in [3.8, 4) is 0 Å². The number of rotatable bonds is 2. The number of para-hydroxylation sites is 1. The van der Waals surface area contributed by atoms with E-state index in [0.29, 0.717) is 5.82 Å². The van der Waals surface area contributed by atoms with Crippen LogP contribution in [-0.2, 0) is 0 Å². The van der Waals surface area contributed by atoms with Crippen LogP contribution >= 0.6 is 0 Å². The molecule has 0 aliphatic rings. The summed E-state index contributed by atoms with van der Waals surface area (Å²) >= 11 is 0. The van der Waals surface area contributed by atoms with Gasteiger partial charge in [-0.2, -0.15) is 0 Å². The number of hydrogen-bond donors (Lipinski definition) is 2. The Morgan fingerprint density at radius 2 is 1.88 bits per heavy atom. The quantitative estimate of drug-likeness (QED) is 0.828. The molecule has 0 saturated heterocycles. The van der Waals surface area contributed by atoms with Crippen LogP contribution in [0.3, 0.4) is 0 Å². The molecule has 0 unspecified atom stereocenters. The second-order valence-electron chi connectivity index (χ2n) is 3.66. The Hall–Kier alpha value is -2.36. The number of urea groups is 1. The van der Waals surface area contributed by atoms with Crippen LogP contribution in [0.15, 0.2) is 48.7 Å². The monoisotopic (exact) mass is 227 g/mol. The molecule has 2 aromatic rings. The van der Waals surface area contributed by atoms with Gasteiger partial charge in [0.25, 0.3) is 0 Å². The lowest BCUT2D eigenvalue weighted by molar-refractivity contribution is 0.262. The van der Waals surface area contributed by atoms with E-state index >= 15 is 0 Å². The van der Waals surface area contributed by atoms with Crippen LogP contribution in [0.2, 0.25) is 0 Å². The van der Waals surface area contributed by atoms with E-state index in [-0.39, 0.29) is 6.03 Å². The second-order valence-corrected chi connectivity index (χ2v) is 3.66. The summed E-state index contributed by atoms with van der Waals surface area (Å²) in [7, 11) is 0. The van der Waals surface area contributed by atoms with Gasteiger partial charge in [0.2, 0.25) is 0 Å². The number of pyridine rings is 1. The number of aryl methyl sites for hydroxylation is 1.